The summed E-state index contributed by atoms with van der Waals surface area (Å²) in [6.45, 7) is 4.93. The monoisotopic (exact) mass is 2020 g/mol. The van der Waals surface area contributed by atoms with E-state index in [2.05, 4.69) is 74.1 Å². The first-order valence-corrected chi connectivity index (χ1v) is 44.9. The fourth-order valence-electron chi connectivity index (χ4n) is 15.5. The van der Waals surface area contributed by atoms with Crippen LogP contribution in [-0.2, 0) is 14.2 Å². The molecule has 0 aliphatic rings. The Hall–Kier alpha value is -19.8. The van der Waals surface area contributed by atoms with Crippen molar-refractivity contribution in [2.45, 2.75) is 32.5 Å². The minimum absolute atomic E-state index is 0.0341. The molecule has 0 spiro atoms. The highest BCUT2D eigenvalue weighted by atomic mass is 19.4. The number of aromatic hydroxyl groups is 1. The van der Waals surface area contributed by atoms with Crippen LogP contribution in [0.5, 0.6) is 46.0 Å². The highest BCUT2D eigenvalue weighted by molar-refractivity contribution is 6.07. The van der Waals surface area contributed by atoms with Gasteiger partial charge in [-0.2, -0.15) is 21.0 Å². The SMILES string of the molecule is COCCCOc1cc2ncc(C#N)c(-n3ccc(=O)c(C(=O)O)c3)c2cc1OC.COCCCOc1cc2ncc(C#N)c(Nc3ccccc3C(=O)O)c2cc1OC.COCCCOc1cc2ncc(C)c(Nc3cccc(O)c3C(=O)O)c2cc1OC.N#Cc1cnc2ccc(-c3cccc4ncccc34)cc2c1Nc1ccccc1C(=O)O.N#Cc1cnc2ccc(OC(F)(F)F)cc2c1Nc1ccccc1C(=O)O. The predicted octanol–water partition coefficient (Wildman–Crippen LogP) is 20.7. The number of fused-ring (bicyclic) bond motifs is 6. The quantitative estimate of drug-likeness (QED) is 0.0167. The van der Waals surface area contributed by atoms with E-state index in [1.807, 2.05) is 61.5 Å². The molecule has 10 aromatic carbocycles. The highest BCUT2D eigenvalue weighted by Crippen LogP contribution is 2.44. The number of hydrogen-bond acceptors (Lipinski definition) is 31. The molecule has 149 heavy (non-hydrogen) atoms. The van der Waals surface area contributed by atoms with E-state index in [1.54, 1.807) is 132 Å². The maximum Gasteiger partial charge on any atom is 0.573 e. The summed E-state index contributed by atoms with van der Waals surface area (Å²) < 4.78 is 91.7. The number of methoxy groups -OCH3 is 6. The minimum atomic E-state index is -4.88. The number of carbonyl (C=O) groups is 5. The van der Waals surface area contributed by atoms with Gasteiger partial charge in [0, 0.05) is 167 Å². The van der Waals surface area contributed by atoms with Gasteiger partial charge in [0.2, 0.25) is 0 Å². The van der Waals surface area contributed by atoms with E-state index >= 15 is 0 Å². The molecule has 7 aromatic heterocycles. The van der Waals surface area contributed by atoms with E-state index < -0.39 is 53.0 Å². The van der Waals surface area contributed by atoms with Crippen molar-refractivity contribution in [1.29, 1.82) is 21.0 Å². The van der Waals surface area contributed by atoms with Crippen molar-refractivity contribution in [3.05, 3.63) is 316 Å². The molecular formula is C109H90F3N15O22. The number of nitrogens with one attached hydrogen (secondary N) is 4. The summed E-state index contributed by atoms with van der Waals surface area (Å²) in [6.07, 6.45) is 8.89. The fourth-order valence-corrected chi connectivity index (χ4v) is 15.5. The molecule has 0 atom stereocenters. The molecule has 37 nitrogen and oxygen atoms in total. The first-order valence-electron chi connectivity index (χ1n) is 44.9. The van der Waals surface area contributed by atoms with E-state index in [0.29, 0.717) is 159 Å². The number of pyridine rings is 7. The number of nitrogens with zero attached hydrogens (tertiary/aromatic N) is 11. The Morgan fingerprint density at radius 2 is 0.785 bits per heavy atom. The Labute approximate surface area is 845 Å². The number of aromatic carboxylic acids is 5. The molecule has 17 aromatic rings. The third-order valence-electron chi connectivity index (χ3n) is 22.4. The summed E-state index contributed by atoms with van der Waals surface area (Å²) in [5, 5.41) is 111. The maximum absolute atomic E-state index is 12.5. The molecule has 0 aliphatic carbocycles. The van der Waals surface area contributed by atoms with Crippen molar-refractivity contribution >= 4 is 141 Å². The Balaban J connectivity index is 0.000000155. The summed E-state index contributed by atoms with van der Waals surface area (Å²) in [7, 11) is 9.45. The number of ether oxygens (including phenoxy) is 10. The highest BCUT2D eigenvalue weighted by Gasteiger charge is 2.32. The number of rotatable bonds is 34. The van der Waals surface area contributed by atoms with Crippen LogP contribution in [0.15, 0.2) is 255 Å². The molecule has 0 fully saturated rings. The molecule has 0 saturated heterocycles. The summed E-state index contributed by atoms with van der Waals surface area (Å²) in [5.41, 5.74) is 9.54. The summed E-state index contributed by atoms with van der Waals surface area (Å²) in [5.74, 6) is -3.68. The van der Waals surface area contributed by atoms with Gasteiger partial charge in [-0.05, 0) is 133 Å². The number of halogens is 3. The van der Waals surface area contributed by atoms with Crippen molar-refractivity contribution in [1.82, 2.24) is 34.5 Å². The topological polar surface area (TPSA) is 542 Å². The molecular weight excluding hydrogens is 1930 g/mol. The largest absolute Gasteiger partial charge is 0.573 e. The van der Waals surface area contributed by atoms with Crippen molar-refractivity contribution in [2.75, 3.05) is 104 Å². The van der Waals surface area contributed by atoms with Gasteiger partial charge in [-0.3, -0.25) is 34.7 Å². The second kappa shape index (κ2) is 49.7. The van der Waals surface area contributed by atoms with Crippen molar-refractivity contribution in [3.63, 3.8) is 0 Å². The van der Waals surface area contributed by atoms with E-state index in [4.69, 9.17) is 42.6 Å². The van der Waals surface area contributed by atoms with Crippen molar-refractivity contribution in [2.24, 2.45) is 0 Å². The molecule has 0 radical (unpaired) electrons. The number of para-hydroxylation sites is 3. The average Bonchev–Trinajstić information content (AvgIpc) is 0.765. The van der Waals surface area contributed by atoms with Crippen LogP contribution in [-0.4, -0.2) is 184 Å². The zero-order valence-electron chi connectivity index (χ0n) is 80.3. The Kier molecular flexibility index (Phi) is 35.5. The third kappa shape index (κ3) is 25.8. The van der Waals surface area contributed by atoms with Gasteiger partial charge in [-0.25, -0.2) is 24.0 Å². The van der Waals surface area contributed by atoms with E-state index in [0.717, 1.165) is 69.4 Å². The van der Waals surface area contributed by atoms with Crippen LogP contribution in [0.2, 0.25) is 0 Å². The van der Waals surface area contributed by atoms with E-state index in [-0.39, 0.29) is 67.1 Å². The Bertz CT molecular complexity index is 8190. The van der Waals surface area contributed by atoms with Crippen LogP contribution in [0.4, 0.5) is 58.7 Å². The number of phenols is 1. The molecule has 0 bridgehead atoms. The number of aromatic nitrogens is 7. The van der Waals surface area contributed by atoms with E-state index in [1.165, 1.54) is 98.4 Å². The molecule has 17 rings (SSSR count). The molecule has 10 N–H and O–H groups in total. The molecule has 0 amide bonds. The molecule has 0 saturated carbocycles. The maximum atomic E-state index is 12.5. The Morgan fingerprint density at radius 3 is 1.24 bits per heavy atom. The number of aryl methyl sites for hydroxylation is 1. The molecule has 7 heterocycles. The number of hydrogen-bond donors (Lipinski definition) is 10. The summed E-state index contributed by atoms with van der Waals surface area (Å²) in [6, 6.07) is 62.5. The first kappa shape index (κ1) is 106. The lowest BCUT2D eigenvalue weighted by atomic mass is 9.98. The molecule has 40 heteroatoms. The Morgan fingerprint density at radius 1 is 0.383 bits per heavy atom. The van der Waals surface area contributed by atoms with Crippen LogP contribution in [0.25, 0.3) is 82.2 Å². The number of alkyl halides is 3. The van der Waals surface area contributed by atoms with Crippen molar-refractivity contribution < 1.29 is 115 Å². The number of benzene rings is 10. The summed E-state index contributed by atoms with van der Waals surface area (Å²) in [4.78, 5) is 95.5. The zero-order valence-corrected chi connectivity index (χ0v) is 80.3. The number of nitriles is 4. The average molecular weight is 2020 g/mol. The van der Waals surface area contributed by atoms with Gasteiger partial charge >= 0.3 is 36.2 Å². The fraction of sp³-hybridized carbons (Fsp3) is 0.156. The lowest BCUT2D eigenvalue weighted by molar-refractivity contribution is -0.274. The second-order valence-corrected chi connectivity index (χ2v) is 31.9. The van der Waals surface area contributed by atoms with Crippen molar-refractivity contribution in [3.8, 4) is 87.1 Å². The van der Waals surface area contributed by atoms with Crippen LogP contribution in [0, 0.1) is 52.2 Å². The smallest absolute Gasteiger partial charge is 0.507 e. The first-order chi connectivity index (χ1) is 72.0. The minimum Gasteiger partial charge on any atom is -0.507 e. The lowest BCUT2D eigenvalue weighted by Gasteiger charge is -2.17. The van der Waals surface area contributed by atoms with Crippen LogP contribution in [0.3, 0.4) is 0 Å². The van der Waals surface area contributed by atoms with Crippen LogP contribution < -0.4 is 59.9 Å². The van der Waals surface area contributed by atoms with Gasteiger partial charge in [-0.1, -0.05) is 66.7 Å². The standard InChI is InChI=1S/C26H16N4O2.C22H21N3O5.C22H24N2O6.C21H19N3O6.C18H10F3N3O3/c27-14-17-15-29-23-11-10-16(18-6-3-9-22-19(18)7-4-12-28-22)13-21(23)25(17)30-24-8-2-1-5-20(24)26(31)32;1-28-8-5-9-30-20-11-18-16(10-19(20)29-2)21(14(12-23)13-24-18)25-17-7-4-3-6-15(17)22(26)27;1-13-12-23-16-11-19(30-9-5-8-28-2)18(29-3)10-14(16)21(13)24-15-6-4-7-17(25)20(15)22(26)27;1-28-6-3-7-30-19-9-16-14(8-18(19)29-2)20(13(10-22)11-23-16)24-5-4-17(25)15(12-24)21(26)27;19-18(20,21)27-11-5-6-14-13(7-11)16(10(8-22)9-23-14)24-15-4-2-1-3-12(15)17(25)26/h1-13,15H,(H,29,30)(H,31,32);3-4,6-7,10-11,13H,5,8-9H2,1-2H3,(H,24,25)(H,26,27);4,6-7,10-12,25H,5,8-9H2,1-3H3,(H,23,24)(H,26,27);4-5,8-9,11-12H,3,6-7H2,1-2H3,(H,26,27);1-7,9H,(H,23,24)(H,25,26). The molecule has 0 aliphatic heterocycles. The van der Waals surface area contributed by atoms with Gasteiger partial charge in [-0.15, -0.1) is 13.2 Å². The van der Waals surface area contributed by atoms with Gasteiger partial charge in [0.1, 0.15) is 46.9 Å². The lowest BCUT2D eigenvalue weighted by Crippen LogP contribution is -2.17. The van der Waals surface area contributed by atoms with E-state index in [9.17, 15) is 93.6 Å². The zero-order chi connectivity index (χ0) is 107. The number of anilines is 8. The third-order valence-corrected chi connectivity index (χ3v) is 22.4. The summed E-state index contributed by atoms with van der Waals surface area (Å²) >= 11 is 0. The molecule has 754 valence electrons. The van der Waals surface area contributed by atoms with Crippen LogP contribution >= 0.6 is 0 Å². The predicted molar refractivity (Wildman–Crippen MR) is 546 cm³/mol. The van der Waals surface area contributed by atoms with Gasteiger partial charge < -0.3 is 104 Å². The number of carboxylic acid groups (broad SMARTS) is 5. The van der Waals surface area contributed by atoms with Gasteiger partial charge in [0.15, 0.2) is 39.9 Å². The van der Waals surface area contributed by atoms with Crippen LogP contribution in [0.1, 0.15) is 98.9 Å². The molecule has 0 unspecified atom stereocenters. The number of carboxylic acids is 5. The van der Waals surface area contributed by atoms with Gasteiger partial charge in [0.05, 0.1) is 164 Å². The normalized spacial score (nSPS) is 10.7. The van der Waals surface area contributed by atoms with Gasteiger partial charge in [0.25, 0.3) is 0 Å². The second-order valence-electron chi connectivity index (χ2n) is 31.9.